The summed E-state index contributed by atoms with van der Waals surface area (Å²) in [5.41, 5.74) is 1.92. The summed E-state index contributed by atoms with van der Waals surface area (Å²) < 4.78 is 1.14. The Hall–Kier alpha value is -1.76. The Balaban J connectivity index is 1.39. The number of anilines is 1. The molecule has 2 aromatic heterocycles. The number of halogens is 1. The highest BCUT2D eigenvalue weighted by Gasteiger charge is 2.41. The van der Waals surface area contributed by atoms with E-state index in [9.17, 15) is 0 Å². The molecule has 0 aliphatic heterocycles. The first-order valence-electron chi connectivity index (χ1n) is 7.24. The summed E-state index contributed by atoms with van der Waals surface area (Å²) in [7, 11) is 0. The maximum absolute atomic E-state index is 6.19. The quantitative estimate of drug-likeness (QED) is 0.686. The molecule has 0 saturated heterocycles. The van der Waals surface area contributed by atoms with Gasteiger partial charge in [-0.05, 0) is 42.9 Å². The number of para-hydroxylation sites is 1. The molecule has 1 saturated carbocycles. The first kappa shape index (κ1) is 14.8. The fraction of sp³-hybridized carbons (Fsp3) is 0.188. The molecule has 4 nitrogen and oxygen atoms in total. The molecule has 2 atom stereocenters. The lowest BCUT2D eigenvalue weighted by Gasteiger charge is -2.08. The van der Waals surface area contributed by atoms with Crippen LogP contribution in [0, 0.1) is 0 Å². The van der Waals surface area contributed by atoms with E-state index in [4.69, 9.17) is 23.8 Å². The minimum atomic E-state index is 0.275. The van der Waals surface area contributed by atoms with Gasteiger partial charge in [-0.15, -0.1) is 0 Å². The summed E-state index contributed by atoms with van der Waals surface area (Å²) >= 11 is 13.2. The lowest BCUT2D eigenvalue weighted by molar-refractivity contribution is 0.859. The van der Waals surface area contributed by atoms with Gasteiger partial charge in [0.1, 0.15) is 0 Å². The summed E-state index contributed by atoms with van der Waals surface area (Å²) in [4.78, 5) is 8.88. The first-order chi connectivity index (χ1) is 11.2. The van der Waals surface area contributed by atoms with E-state index >= 15 is 0 Å². The third kappa shape index (κ3) is 3.15. The number of benzene rings is 1. The van der Waals surface area contributed by atoms with Crippen molar-refractivity contribution >= 4 is 55.6 Å². The number of pyridine rings is 1. The monoisotopic (exact) mass is 360 g/mol. The van der Waals surface area contributed by atoms with E-state index in [0.29, 0.717) is 16.1 Å². The fourth-order valence-corrected chi connectivity index (χ4v) is 4.00. The van der Waals surface area contributed by atoms with Crippen LogP contribution in [-0.4, -0.2) is 21.1 Å². The van der Waals surface area contributed by atoms with Crippen LogP contribution < -0.4 is 10.6 Å². The van der Waals surface area contributed by atoms with Gasteiger partial charge in [0.2, 0.25) is 0 Å². The molecule has 2 heterocycles. The minimum absolute atomic E-state index is 0.275. The summed E-state index contributed by atoms with van der Waals surface area (Å²) in [5, 5.41) is 8.58. The second-order valence-corrected chi connectivity index (χ2v) is 7.25. The molecule has 0 bridgehead atoms. The molecule has 0 radical (unpaired) electrons. The number of hydrogen-bond donors (Lipinski definition) is 2. The molecule has 7 heteroatoms. The van der Waals surface area contributed by atoms with Gasteiger partial charge in [0.05, 0.1) is 20.9 Å². The van der Waals surface area contributed by atoms with Crippen molar-refractivity contribution in [3.05, 3.63) is 53.3 Å². The van der Waals surface area contributed by atoms with Gasteiger partial charge in [-0.3, -0.25) is 4.98 Å². The van der Waals surface area contributed by atoms with Crippen molar-refractivity contribution in [1.82, 2.24) is 15.3 Å². The van der Waals surface area contributed by atoms with Gasteiger partial charge in [-0.1, -0.05) is 35.1 Å². The van der Waals surface area contributed by atoms with E-state index in [2.05, 4.69) is 26.7 Å². The molecule has 1 aromatic carbocycles. The van der Waals surface area contributed by atoms with Crippen LogP contribution >= 0.6 is 35.2 Å². The van der Waals surface area contributed by atoms with Crippen LogP contribution in [0.2, 0.25) is 5.02 Å². The maximum Gasteiger partial charge on any atom is 0.190 e. The molecule has 1 aliphatic rings. The number of fused-ring (bicyclic) bond motifs is 1. The van der Waals surface area contributed by atoms with Crippen LogP contribution in [0.25, 0.3) is 10.2 Å². The van der Waals surface area contributed by atoms with Crippen molar-refractivity contribution in [2.75, 3.05) is 5.32 Å². The first-order valence-corrected chi connectivity index (χ1v) is 8.84. The highest BCUT2D eigenvalue weighted by atomic mass is 35.5. The number of thiocarbonyl (C=S) groups is 1. The molecule has 4 rings (SSSR count). The molecule has 1 fully saturated rings. The largest absolute Gasteiger partial charge is 0.359 e. The fourth-order valence-electron chi connectivity index (χ4n) is 2.55. The topological polar surface area (TPSA) is 49.8 Å². The zero-order chi connectivity index (χ0) is 15.8. The lowest BCUT2D eigenvalue weighted by Crippen LogP contribution is -2.31. The Morgan fingerprint density at radius 2 is 2.13 bits per heavy atom. The smallest absolute Gasteiger partial charge is 0.190 e. The normalized spacial score (nSPS) is 19.5. The number of hydrogen-bond acceptors (Lipinski definition) is 4. The number of thiazole rings is 1. The second-order valence-electron chi connectivity index (χ2n) is 5.40. The van der Waals surface area contributed by atoms with Crippen LogP contribution in [-0.2, 0) is 0 Å². The third-order valence-electron chi connectivity index (χ3n) is 3.76. The summed E-state index contributed by atoms with van der Waals surface area (Å²) in [6.45, 7) is 0. The molecular weight excluding hydrogens is 348 g/mol. The van der Waals surface area contributed by atoms with E-state index in [0.717, 1.165) is 27.5 Å². The van der Waals surface area contributed by atoms with E-state index < -0.39 is 0 Å². The summed E-state index contributed by atoms with van der Waals surface area (Å²) in [5.74, 6) is 0.318. The molecule has 2 unspecified atom stereocenters. The van der Waals surface area contributed by atoms with Gasteiger partial charge in [0.25, 0.3) is 0 Å². The predicted molar refractivity (Wildman–Crippen MR) is 99.4 cm³/mol. The molecule has 0 spiro atoms. The van der Waals surface area contributed by atoms with Crippen LogP contribution in [0.15, 0.2) is 42.6 Å². The van der Waals surface area contributed by atoms with Gasteiger partial charge < -0.3 is 10.6 Å². The standard InChI is InChI=1S/C16H13ClN4S2/c17-10-4-3-7-18-14(10)9-8-12(9)19-15(22)21-16-20-11-5-1-2-6-13(11)23-16/h1-7,9,12H,8H2,(H2,19,20,21,22). The van der Waals surface area contributed by atoms with Crippen molar-refractivity contribution < 1.29 is 0 Å². The average molecular weight is 361 g/mol. The average Bonchev–Trinajstić information content (AvgIpc) is 3.16. The zero-order valence-corrected chi connectivity index (χ0v) is 14.4. The Morgan fingerprint density at radius 3 is 2.96 bits per heavy atom. The van der Waals surface area contributed by atoms with Crippen molar-refractivity contribution in [3.8, 4) is 0 Å². The highest BCUT2D eigenvalue weighted by Crippen LogP contribution is 2.42. The van der Waals surface area contributed by atoms with Gasteiger partial charge >= 0.3 is 0 Å². The van der Waals surface area contributed by atoms with Crippen molar-refractivity contribution in [3.63, 3.8) is 0 Å². The van der Waals surface area contributed by atoms with Crippen molar-refractivity contribution in [1.29, 1.82) is 0 Å². The van der Waals surface area contributed by atoms with E-state index in [1.807, 2.05) is 30.3 Å². The van der Waals surface area contributed by atoms with Crippen molar-refractivity contribution in [2.24, 2.45) is 0 Å². The molecule has 0 amide bonds. The van der Waals surface area contributed by atoms with Crippen LogP contribution in [0.4, 0.5) is 5.13 Å². The number of aromatic nitrogens is 2. The number of nitrogens with one attached hydrogen (secondary N) is 2. The van der Waals surface area contributed by atoms with E-state index in [-0.39, 0.29) is 6.04 Å². The molecule has 23 heavy (non-hydrogen) atoms. The van der Waals surface area contributed by atoms with Crippen molar-refractivity contribution in [2.45, 2.75) is 18.4 Å². The molecular formula is C16H13ClN4S2. The number of nitrogens with zero attached hydrogens (tertiary/aromatic N) is 2. The van der Waals surface area contributed by atoms with Gasteiger partial charge in [-0.2, -0.15) is 0 Å². The van der Waals surface area contributed by atoms with Crippen LogP contribution in [0.5, 0.6) is 0 Å². The summed E-state index contributed by atoms with van der Waals surface area (Å²) in [6.07, 6.45) is 2.76. The Kier molecular flexibility index (Phi) is 3.88. The Labute approximate surface area is 147 Å². The van der Waals surface area contributed by atoms with E-state index in [1.54, 1.807) is 17.5 Å². The second kappa shape index (κ2) is 6.03. The van der Waals surface area contributed by atoms with Gasteiger partial charge in [0, 0.05) is 18.2 Å². The summed E-state index contributed by atoms with van der Waals surface area (Å²) in [6, 6.07) is 12.0. The van der Waals surface area contributed by atoms with E-state index in [1.165, 1.54) is 0 Å². The third-order valence-corrected chi connectivity index (χ3v) is 5.25. The Morgan fingerprint density at radius 1 is 1.26 bits per heavy atom. The Bertz CT molecular complexity index is 846. The molecule has 2 N–H and O–H groups in total. The van der Waals surface area contributed by atoms with Crippen LogP contribution in [0.3, 0.4) is 0 Å². The molecule has 1 aliphatic carbocycles. The SMILES string of the molecule is S=C(Nc1nc2ccccc2s1)NC1CC1c1ncccc1Cl. The molecule has 116 valence electrons. The minimum Gasteiger partial charge on any atom is -0.359 e. The molecule has 3 aromatic rings. The van der Waals surface area contributed by atoms with Gasteiger partial charge in [0.15, 0.2) is 10.2 Å². The zero-order valence-electron chi connectivity index (χ0n) is 12.0. The maximum atomic E-state index is 6.19. The number of rotatable bonds is 3. The van der Waals surface area contributed by atoms with Crippen LogP contribution in [0.1, 0.15) is 18.0 Å². The predicted octanol–water partition coefficient (Wildman–Crippen LogP) is 4.19. The lowest BCUT2D eigenvalue weighted by atomic mass is 10.2. The van der Waals surface area contributed by atoms with Gasteiger partial charge in [-0.25, -0.2) is 4.98 Å². The highest BCUT2D eigenvalue weighted by molar-refractivity contribution is 7.80.